The van der Waals surface area contributed by atoms with E-state index in [4.69, 9.17) is 0 Å². The van der Waals surface area contributed by atoms with E-state index in [0.29, 0.717) is 0 Å². The molecule has 0 aliphatic carbocycles. The molecular weight excluding hydrogens is 288 g/mol. The number of nitrogens with one attached hydrogen (secondary N) is 2. The van der Waals surface area contributed by atoms with Crippen LogP contribution < -0.4 is 10.6 Å². The molecule has 0 amide bonds. The summed E-state index contributed by atoms with van der Waals surface area (Å²) < 4.78 is 0. The monoisotopic (exact) mass is 310 g/mol. The minimum absolute atomic E-state index is 0.209. The third-order valence-corrected chi connectivity index (χ3v) is 3.32. The summed E-state index contributed by atoms with van der Waals surface area (Å²) in [6.07, 6.45) is 0. The van der Waals surface area contributed by atoms with Gasteiger partial charge in [-0.3, -0.25) is 20.2 Å². The first-order valence-corrected chi connectivity index (χ1v) is 6.91. The summed E-state index contributed by atoms with van der Waals surface area (Å²) in [6.45, 7) is 6.62. The minimum Gasteiger partial charge on any atom is -0.378 e. The molecule has 0 saturated carbocycles. The predicted molar refractivity (Wildman–Crippen MR) is 85.6 cm³/mol. The Morgan fingerprint density at radius 3 is 1.32 bits per heavy atom. The van der Waals surface area contributed by atoms with E-state index in [-0.39, 0.29) is 22.9 Å². The topological polar surface area (TPSA) is 110 Å². The fourth-order valence-electron chi connectivity index (χ4n) is 1.47. The smallest absolute Gasteiger partial charge is 0.233 e. The Hall–Kier alpha value is -2.38. The lowest BCUT2D eigenvalue weighted by Crippen LogP contribution is -2.38. The average molecular weight is 310 g/mol. The van der Waals surface area contributed by atoms with Gasteiger partial charge in [0.05, 0.1) is 13.1 Å². The molecule has 22 heavy (non-hydrogen) atoms. The summed E-state index contributed by atoms with van der Waals surface area (Å²) in [7, 11) is 0. The van der Waals surface area contributed by atoms with Crippen LogP contribution in [0.2, 0.25) is 0 Å². The van der Waals surface area contributed by atoms with Crippen molar-refractivity contribution in [2.45, 2.75) is 38.8 Å². The van der Waals surface area contributed by atoms with Gasteiger partial charge in [-0.05, 0) is 24.3 Å². The van der Waals surface area contributed by atoms with E-state index < -0.39 is 11.1 Å². The molecule has 0 heterocycles. The number of hydrogen-bond donors (Lipinski definition) is 2. The second kappa shape index (κ2) is 6.59. The highest BCUT2D eigenvalue weighted by Crippen LogP contribution is 2.17. The zero-order valence-electron chi connectivity index (χ0n) is 13.3. The van der Waals surface area contributed by atoms with E-state index in [9.17, 15) is 20.2 Å². The highest BCUT2D eigenvalue weighted by Gasteiger charge is 2.31. The summed E-state index contributed by atoms with van der Waals surface area (Å²) in [5.41, 5.74) is -0.581. The molecule has 0 spiro atoms. The van der Waals surface area contributed by atoms with Crippen LogP contribution in [0.25, 0.3) is 0 Å². The first-order valence-electron chi connectivity index (χ1n) is 6.91. The van der Waals surface area contributed by atoms with Crippen molar-refractivity contribution in [1.29, 1.82) is 0 Å². The highest BCUT2D eigenvalue weighted by atomic mass is 16.6. The van der Waals surface area contributed by atoms with Crippen LogP contribution in [0, 0.1) is 20.2 Å². The van der Waals surface area contributed by atoms with E-state index in [1.54, 1.807) is 52.0 Å². The van der Waals surface area contributed by atoms with Gasteiger partial charge >= 0.3 is 0 Å². The van der Waals surface area contributed by atoms with Gasteiger partial charge in [-0.15, -0.1) is 0 Å². The summed E-state index contributed by atoms with van der Waals surface area (Å²) in [5, 5.41) is 27.7. The lowest BCUT2D eigenvalue weighted by Gasteiger charge is -2.18. The minimum atomic E-state index is -1.05. The van der Waals surface area contributed by atoms with Crippen LogP contribution in [0.1, 0.15) is 27.7 Å². The predicted octanol–water partition coefficient (Wildman–Crippen LogP) is 2.62. The van der Waals surface area contributed by atoms with Crippen LogP contribution in [0.5, 0.6) is 0 Å². The molecule has 1 rings (SSSR count). The van der Waals surface area contributed by atoms with E-state index in [2.05, 4.69) is 10.6 Å². The van der Waals surface area contributed by atoms with Crippen LogP contribution in [-0.2, 0) is 0 Å². The maximum absolute atomic E-state index is 10.8. The molecule has 0 atom stereocenters. The van der Waals surface area contributed by atoms with Gasteiger partial charge in [-0.2, -0.15) is 0 Å². The molecule has 8 heteroatoms. The van der Waals surface area contributed by atoms with Gasteiger partial charge in [-0.1, -0.05) is 0 Å². The number of nitrogens with zero attached hydrogens (tertiary/aromatic N) is 2. The normalized spacial score (nSPS) is 11.8. The van der Waals surface area contributed by atoms with Gasteiger partial charge in [0, 0.05) is 48.9 Å². The lowest BCUT2D eigenvalue weighted by molar-refractivity contribution is -0.556. The second-order valence-electron chi connectivity index (χ2n) is 6.42. The van der Waals surface area contributed by atoms with E-state index in [0.717, 1.165) is 11.4 Å². The summed E-state index contributed by atoms with van der Waals surface area (Å²) in [5.74, 6) is 0. The molecule has 0 unspecified atom stereocenters. The molecule has 0 bridgehead atoms. The zero-order valence-corrected chi connectivity index (χ0v) is 13.3. The highest BCUT2D eigenvalue weighted by molar-refractivity contribution is 5.53. The first kappa shape index (κ1) is 17.7. The second-order valence-corrected chi connectivity index (χ2v) is 6.42. The van der Waals surface area contributed by atoms with Gasteiger partial charge in [0.15, 0.2) is 0 Å². The standard InChI is InChI=1S/C14H22N4O4/c1-13(2,17(19)20)9-15-11-5-7-12(8-6-11)16-10-14(3,4)18(21)22/h5-8,15-16H,9-10H2,1-4H3. The van der Waals surface area contributed by atoms with Crippen molar-refractivity contribution in [3.8, 4) is 0 Å². The maximum Gasteiger partial charge on any atom is 0.233 e. The summed E-state index contributed by atoms with van der Waals surface area (Å²) in [6, 6.07) is 7.10. The molecule has 0 aromatic heterocycles. The molecule has 2 N–H and O–H groups in total. The van der Waals surface area contributed by atoms with Gasteiger partial charge < -0.3 is 10.6 Å². The van der Waals surface area contributed by atoms with Crippen molar-refractivity contribution in [3.63, 3.8) is 0 Å². The Balaban J connectivity index is 2.57. The van der Waals surface area contributed by atoms with E-state index >= 15 is 0 Å². The number of hydrogen-bond acceptors (Lipinski definition) is 6. The van der Waals surface area contributed by atoms with E-state index in [1.165, 1.54) is 0 Å². The SMILES string of the molecule is CC(C)(CNc1ccc(NCC(C)(C)[N+](=O)[O-])cc1)[N+](=O)[O-]. The van der Waals surface area contributed by atoms with Crippen LogP contribution in [0.3, 0.4) is 0 Å². The third kappa shape index (κ3) is 4.87. The number of nitro groups is 2. The van der Waals surface area contributed by atoms with Gasteiger partial charge in [0.25, 0.3) is 0 Å². The third-order valence-electron chi connectivity index (χ3n) is 3.32. The molecule has 0 aliphatic heterocycles. The van der Waals surface area contributed by atoms with Crippen molar-refractivity contribution in [1.82, 2.24) is 0 Å². The maximum atomic E-state index is 10.8. The van der Waals surface area contributed by atoms with E-state index in [1.807, 2.05) is 0 Å². The molecule has 122 valence electrons. The largest absolute Gasteiger partial charge is 0.378 e. The van der Waals surface area contributed by atoms with Crippen LogP contribution >= 0.6 is 0 Å². The summed E-state index contributed by atoms with van der Waals surface area (Å²) in [4.78, 5) is 21.0. The number of benzene rings is 1. The molecule has 8 nitrogen and oxygen atoms in total. The van der Waals surface area contributed by atoms with Crippen molar-refractivity contribution >= 4 is 11.4 Å². The molecule has 1 aromatic rings. The fraction of sp³-hybridized carbons (Fsp3) is 0.571. The Labute approximate surface area is 129 Å². The van der Waals surface area contributed by atoms with Gasteiger partial charge in [-0.25, -0.2) is 0 Å². The Kier molecular flexibility index (Phi) is 5.29. The molecular formula is C14H22N4O4. The molecule has 0 saturated heterocycles. The Bertz CT molecular complexity index is 491. The Morgan fingerprint density at radius 1 is 0.818 bits per heavy atom. The number of anilines is 2. The van der Waals surface area contributed by atoms with Crippen molar-refractivity contribution in [2.75, 3.05) is 23.7 Å². The molecule has 0 aliphatic rings. The quantitative estimate of drug-likeness (QED) is 0.564. The molecule has 1 aromatic carbocycles. The number of rotatable bonds is 8. The van der Waals surface area contributed by atoms with Gasteiger partial charge in [0.1, 0.15) is 0 Å². The zero-order chi connectivity index (χ0) is 17.0. The summed E-state index contributed by atoms with van der Waals surface area (Å²) >= 11 is 0. The fourth-order valence-corrected chi connectivity index (χ4v) is 1.47. The van der Waals surface area contributed by atoms with Gasteiger partial charge in [0.2, 0.25) is 11.1 Å². The van der Waals surface area contributed by atoms with Crippen LogP contribution in [-0.4, -0.2) is 34.0 Å². The molecule has 0 fully saturated rings. The van der Waals surface area contributed by atoms with Crippen molar-refractivity contribution < 1.29 is 9.85 Å². The first-order chi connectivity index (χ1) is 10.0. The van der Waals surface area contributed by atoms with Crippen LogP contribution in [0.15, 0.2) is 24.3 Å². The van der Waals surface area contributed by atoms with Crippen molar-refractivity contribution in [2.24, 2.45) is 0 Å². The average Bonchev–Trinajstić information content (AvgIpc) is 2.44. The lowest BCUT2D eigenvalue weighted by atomic mass is 10.1. The molecule has 0 radical (unpaired) electrons. The van der Waals surface area contributed by atoms with Crippen LogP contribution in [0.4, 0.5) is 11.4 Å². The van der Waals surface area contributed by atoms with Crippen molar-refractivity contribution in [3.05, 3.63) is 44.5 Å². The Morgan fingerprint density at radius 2 is 1.09 bits per heavy atom.